The number of halogens is 1. The van der Waals surface area contributed by atoms with Crippen LogP contribution in [0.4, 0.5) is 4.39 Å². The van der Waals surface area contributed by atoms with Crippen molar-refractivity contribution in [3.05, 3.63) is 299 Å². The van der Waals surface area contributed by atoms with Gasteiger partial charge in [-0.2, -0.15) is 0 Å². The molecular formula is C107H116FN15O15. The Labute approximate surface area is 796 Å². The molecule has 0 spiro atoms. The molecule has 24 rings (SSSR count). The summed E-state index contributed by atoms with van der Waals surface area (Å²) in [5.74, 6) is 3.18. The number of rotatable bonds is 15. The molecule has 3 aliphatic heterocycles. The highest BCUT2D eigenvalue weighted by Crippen LogP contribution is 2.45. The number of hydrogen-bond donors (Lipinski definition) is 11. The highest BCUT2D eigenvalue weighted by atomic mass is 19.1. The molecule has 0 radical (unpaired) electrons. The fraction of sp³-hybridized carbons (Fsp3) is 0.374. The third-order valence-electron chi connectivity index (χ3n) is 29.3. The molecular weight excluding hydrogens is 1750 g/mol. The molecule has 11 N–H and O–H groups in total. The van der Waals surface area contributed by atoms with Gasteiger partial charge >= 0.3 is 0 Å². The molecule has 5 aliphatic carbocycles. The van der Waals surface area contributed by atoms with Gasteiger partial charge in [-0.3, -0.25) is 9.88 Å². The van der Waals surface area contributed by atoms with Gasteiger partial charge in [0.05, 0.1) is 35.9 Å². The van der Waals surface area contributed by atoms with E-state index in [1.54, 1.807) is 37.2 Å². The number of nitrogens with one attached hydrogen (secondary N) is 1. The molecule has 30 nitrogen and oxygen atoms in total. The Kier molecular flexibility index (Phi) is 26.5. The van der Waals surface area contributed by atoms with Crippen molar-refractivity contribution in [2.75, 3.05) is 27.2 Å². The van der Waals surface area contributed by atoms with Crippen molar-refractivity contribution < 1.29 is 79.1 Å². The molecule has 14 heterocycles. The topological polar surface area (TPSA) is 382 Å². The Balaban J connectivity index is 0.000000106. The lowest BCUT2D eigenvalue weighted by molar-refractivity contribution is -0.0167. The number of nitrogens with zero attached hydrogens (tertiary/aromatic N) is 14. The normalized spacial score (nSPS) is 26.6. The van der Waals surface area contributed by atoms with Crippen molar-refractivity contribution in [3.8, 4) is 28.7 Å². The van der Waals surface area contributed by atoms with E-state index in [-0.39, 0.29) is 36.0 Å². The number of likely N-dealkylation sites (N-methyl/N-ethyl adjacent to an activating group) is 1. The quantitative estimate of drug-likeness (QED) is 0.0454. The fourth-order valence-electron chi connectivity index (χ4n) is 21.6. The molecule has 16 aromatic rings. The van der Waals surface area contributed by atoms with Crippen molar-refractivity contribution in [1.29, 1.82) is 0 Å². The third kappa shape index (κ3) is 18.1. The molecule has 5 saturated carbocycles. The zero-order chi connectivity index (χ0) is 95.6. The maximum Gasteiger partial charge on any atom is 0.143 e. The molecule has 138 heavy (non-hydrogen) atoms. The number of ether oxygens (including phenoxy) is 5. The number of hydrogen-bond acceptors (Lipinski definition) is 25. The average Bonchev–Trinajstić information content (AvgIpc) is 1.63. The van der Waals surface area contributed by atoms with Crippen LogP contribution in [0.25, 0.3) is 65.9 Å². The molecule has 5 fully saturated rings. The summed E-state index contributed by atoms with van der Waals surface area (Å²) in [5, 5.41) is 117. The third-order valence-corrected chi connectivity index (χ3v) is 29.3. The van der Waals surface area contributed by atoms with Gasteiger partial charge in [-0.25, -0.2) is 34.3 Å². The second kappa shape index (κ2) is 39.3. The van der Waals surface area contributed by atoms with Crippen molar-refractivity contribution in [2.24, 2.45) is 0 Å². The first-order valence-corrected chi connectivity index (χ1v) is 47.5. The monoisotopic (exact) mass is 1870 g/mol. The number of aryl methyl sites for hydroxylation is 5. The molecule has 20 atom stereocenters. The Morgan fingerprint density at radius 3 is 1.15 bits per heavy atom. The van der Waals surface area contributed by atoms with Gasteiger partial charge in [0.15, 0.2) is 0 Å². The lowest BCUT2D eigenvalue weighted by atomic mass is 9.99. The zero-order valence-electron chi connectivity index (χ0n) is 77.8. The van der Waals surface area contributed by atoms with E-state index in [2.05, 4.69) is 89.2 Å². The van der Waals surface area contributed by atoms with Crippen LogP contribution in [0.5, 0.6) is 28.7 Å². The highest BCUT2D eigenvalue weighted by Gasteiger charge is 2.50. The van der Waals surface area contributed by atoms with Gasteiger partial charge in [0.1, 0.15) is 161 Å². The first-order valence-electron chi connectivity index (χ1n) is 47.5. The number of pyridine rings is 5. The van der Waals surface area contributed by atoms with E-state index in [4.69, 9.17) is 23.7 Å². The molecule has 5 aromatic carbocycles. The Bertz CT molecular complexity index is 7070. The number of fused-ring (bicyclic) bond motifs is 9. The largest absolute Gasteiger partial charge is 0.488 e. The minimum absolute atomic E-state index is 0.272. The second-order valence-electron chi connectivity index (χ2n) is 38.0. The molecule has 0 bridgehead atoms. The van der Waals surface area contributed by atoms with Crippen LogP contribution in [0.3, 0.4) is 0 Å². The Hall–Kier alpha value is -12.7. The summed E-state index contributed by atoms with van der Waals surface area (Å²) in [6, 6.07) is 48.0. The standard InChI is InChI=1S/C23H27N3O3.2C22H25N3O3.C22H21N3O3.C18H18FN3O3/c1-14-6-9-24-23-16(14)8-11-26(23)18-12-20(22(28)21(18)27)29-19-5-3-4-15-7-10-25(2)13-17(15)19;1-13-6-8-23-22-15(13)7-9-25(22)17-10-19(21(27)20(17)26)28-18-5-3-4-14-11-24(2)12-16(14)18;2*1-13-5-9-24-22-15(13)7-10-25(22)17-11-19(21(27)20(17)26)28-18-4-2-3-14-6-8-23-12-16(14)18;1-10-13-6-7-22(18(13)21-9-20-10)14-8-15(17(24)16(14)23)25-12-4-2-11(19)3-5-12/h3-6,8-9,11,18,20-22,27-28H,7,10,12-13H2,1-2H3;3-9,17,19-21,26-27H,10-12H2,1-2H3;2-5,7,9-10,17,19-21,23,26-27H,6,8,11-12H2,1H3;2-10,12,17,19-21,26-27H,11H2,1H3;2-7,9,14-17,23-24H,8H2,1H3/t18-,20+,21+,22-;2*17-,19+,20+,21-;17?,19-,20-,21+;14-,15+,16+,17-/m11101/s1. The Morgan fingerprint density at radius 2 is 0.703 bits per heavy atom. The predicted molar refractivity (Wildman–Crippen MR) is 519 cm³/mol. The Morgan fingerprint density at radius 1 is 0.333 bits per heavy atom. The first kappa shape index (κ1) is 93.0. The molecule has 0 saturated heterocycles. The van der Waals surface area contributed by atoms with E-state index in [0.29, 0.717) is 49.3 Å². The van der Waals surface area contributed by atoms with E-state index >= 15 is 0 Å². The van der Waals surface area contributed by atoms with Crippen LogP contribution < -0.4 is 29.0 Å². The van der Waals surface area contributed by atoms with Crippen molar-refractivity contribution >= 4 is 65.9 Å². The van der Waals surface area contributed by atoms with Gasteiger partial charge < -0.3 is 108 Å². The highest BCUT2D eigenvalue weighted by molar-refractivity contribution is 5.88. The maximum absolute atomic E-state index is 13.0. The van der Waals surface area contributed by atoms with E-state index in [0.717, 1.165) is 163 Å². The van der Waals surface area contributed by atoms with E-state index in [1.807, 2.05) is 197 Å². The van der Waals surface area contributed by atoms with Gasteiger partial charge in [0, 0.05) is 182 Å². The fourth-order valence-corrected chi connectivity index (χ4v) is 21.6. The van der Waals surface area contributed by atoms with Crippen LogP contribution in [-0.2, 0) is 39.0 Å². The van der Waals surface area contributed by atoms with E-state index in [1.165, 1.54) is 58.4 Å². The minimum atomic E-state index is -1.05. The summed E-state index contributed by atoms with van der Waals surface area (Å²) in [7, 11) is 4.19. The summed E-state index contributed by atoms with van der Waals surface area (Å²) >= 11 is 0. The van der Waals surface area contributed by atoms with Crippen LogP contribution >= 0.6 is 0 Å². The van der Waals surface area contributed by atoms with Gasteiger partial charge in [-0.05, 0) is 222 Å². The molecule has 0 amide bonds. The smallest absolute Gasteiger partial charge is 0.143 e. The number of aliphatic hydroxyl groups excluding tert-OH is 10. The molecule has 716 valence electrons. The van der Waals surface area contributed by atoms with Crippen LogP contribution in [-0.4, -0.2) is 237 Å². The summed E-state index contributed by atoms with van der Waals surface area (Å²) < 4.78 is 53.4. The number of benzene rings is 5. The van der Waals surface area contributed by atoms with Crippen molar-refractivity contribution in [2.45, 2.75) is 228 Å². The lowest BCUT2D eigenvalue weighted by Crippen LogP contribution is -2.35. The van der Waals surface area contributed by atoms with Crippen LogP contribution in [0.15, 0.2) is 232 Å². The van der Waals surface area contributed by atoms with E-state index < -0.39 is 91.6 Å². The van der Waals surface area contributed by atoms with Crippen molar-refractivity contribution in [3.63, 3.8) is 0 Å². The predicted octanol–water partition coefficient (Wildman–Crippen LogP) is 12.0. The average molecular weight is 1870 g/mol. The number of aliphatic hydroxyl groups is 10. The van der Waals surface area contributed by atoms with Crippen LogP contribution in [0, 0.1) is 40.4 Å². The summed E-state index contributed by atoms with van der Waals surface area (Å²) in [6.07, 6.45) is 14.2. The summed E-state index contributed by atoms with van der Waals surface area (Å²) in [6.45, 7) is 15.4. The maximum atomic E-state index is 13.0. The van der Waals surface area contributed by atoms with Crippen LogP contribution in [0.2, 0.25) is 0 Å². The SMILES string of the molecule is Cc1ccnc2c1ccn2C1C[C@H](Oc2cccc3ccncc23)[C@@H](O)[C@H]1O.Cc1ccnc2c1ccn2[C@@H]1C[C@H](Oc2cccc3c2CN(C)C3)[C@@H](O)[C@H]1O.Cc1ccnc2c1ccn2[C@@H]1C[C@H](Oc2cccc3c2CN(C)CC3)[C@@H](O)[C@H]1O.Cc1ccnc2c1ccn2[C@@H]1C[C@H](Oc2cccc3c2CNCC3)[C@@H](O)[C@H]1O.Cc1ncnc2c1ccn2[C@@H]1C[C@H](Oc2ccc(F)cc2)[C@@H](O)[C@H]1O. The van der Waals surface area contributed by atoms with Gasteiger partial charge in [0.25, 0.3) is 0 Å². The van der Waals surface area contributed by atoms with Crippen molar-refractivity contribution in [1.82, 2.24) is 72.8 Å². The van der Waals surface area contributed by atoms with Gasteiger partial charge in [-0.1, -0.05) is 48.5 Å². The van der Waals surface area contributed by atoms with E-state index in [9.17, 15) is 55.5 Å². The molecule has 31 heteroatoms. The second-order valence-corrected chi connectivity index (χ2v) is 38.0. The van der Waals surface area contributed by atoms with Gasteiger partial charge in [0.2, 0.25) is 0 Å². The van der Waals surface area contributed by atoms with Crippen LogP contribution in [0.1, 0.15) is 124 Å². The summed E-state index contributed by atoms with van der Waals surface area (Å²) in [4.78, 5) is 35.1. The van der Waals surface area contributed by atoms with Gasteiger partial charge in [-0.15, -0.1) is 0 Å². The summed E-state index contributed by atoms with van der Waals surface area (Å²) in [5.41, 5.74) is 16.8. The molecule has 11 aromatic heterocycles. The zero-order valence-corrected chi connectivity index (χ0v) is 77.8. The first-order chi connectivity index (χ1) is 66.9. The minimum Gasteiger partial charge on any atom is -0.488 e. The molecule has 1 unspecified atom stereocenters. The number of aromatic nitrogens is 12. The molecule has 8 aliphatic rings. The lowest BCUT2D eigenvalue weighted by Gasteiger charge is -2.28.